The van der Waals surface area contributed by atoms with Gasteiger partial charge >= 0.3 is 22.7 Å². The van der Waals surface area contributed by atoms with Gasteiger partial charge in [-0.1, -0.05) is 66.7 Å². The van der Waals surface area contributed by atoms with Crippen LogP contribution in [-0.4, -0.2) is 22.6 Å². The quantitative estimate of drug-likeness (QED) is 0.144. The molecular weight excluding hydrogens is 554 g/mol. The smallest absolute Gasteiger partial charge is 0.857 e. The van der Waals surface area contributed by atoms with E-state index in [1.54, 1.807) is 66.7 Å². The van der Waals surface area contributed by atoms with E-state index in [0.717, 1.165) is 30.5 Å². The van der Waals surface area contributed by atoms with E-state index in [1.807, 2.05) is 0 Å². The third-order valence-electron chi connectivity index (χ3n) is 5.38. The average Bonchev–Trinajstić information content (AvgIpc) is 2.92. The van der Waals surface area contributed by atoms with Gasteiger partial charge in [0.15, 0.2) is 0 Å². The van der Waals surface area contributed by atoms with Crippen LogP contribution in [0, 0.1) is 0 Å². The molecule has 0 N–H and O–H groups in total. The molecule has 198 valence electrons. The second kappa shape index (κ2) is 12.8. The number of hydrogen-bond donors (Lipinski definition) is 0. The van der Waals surface area contributed by atoms with Crippen LogP contribution in [0.15, 0.2) is 119 Å². The van der Waals surface area contributed by atoms with E-state index in [4.69, 9.17) is 0 Å². The van der Waals surface area contributed by atoms with Gasteiger partial charge in [-0.15, -0.1) is 0 Å². The number of aliphatic imine (C=N–C) groups is 2. The van der Waals surface area contributed by atoms with Gasteiger partial charge in [0.2, 0.25) is 0 Å². The van der Waals surface area contributed by atoms with E-state index >= 15 is 0 Å². The van der Waals surface area contributed by atoms with Gasteiger partial charge in [-0.3, -0.25) is 15.0 Å². The third kappa shape index (κ3) is 7.27. The van der Waals surface area contributed by atoms with Crippen molar-refractivity contribution < 1.29 is 44.7 Å². The predicted molar refractivity (Wildman–Crippen MR) is 133 cm³/mol. The number of carboxylic acid groups (broad SMARTS) is 1. The first-order valence-electron chi connectivity index (χ1n) is 11.2. The van der Waals surface area contributed by atoms with Crippen molar-refractivity contribution in [1.82, 2.24) is 4.98 Å². The Morgan fingerprint density at radius 2 is 1.44 bits per heavy atom. The standard InChI is InChI=1S/C29H20F3N3O3.Ni/c30-29(31,32)21-15-13-19(14-16-21)23(28(37)38)18-34-26(20-8-2-1-3-9-20)22-10-4-5-11-24(22)35-27(36)25-12-6-7-17-33-25;/h1-18H,(H,35,36)(H,37,38);/q;+2/p-2/b23-18-,34-26?;. The fraction of sp³-hybridized carbons (Fsp3) is 0.0345. The van der Waals surface area contributed by atoms with Crippen molar-refractivity contribution in [1.29, 1.82) is 0 Å². The fourth-order valence-corrected chi connectivity index (χ4v) is 3.54. The maximum atomic E-state index is 12.9. The maximum Gasteiger partial charge on any atom is 2.00 e. The van der Waals surface area contributed by atoms with Crippen LogP contribution < -0.4 is 10.2 Å². The summed E-state index contributed by atoms with van der Waals surface area (Å²) < 4.78 is 38.8. The molecule has 39 heavy (non-hydrogen) atoms. The van der Waals surface area contributed by atoms with Gasteiger partial charge in [0, 0.05) is 35.0 Å². The summed E-state index contributed by atoms with van der Waals surface area (Å²) in [5.74, 6) is -2.20. The molecular formula is C29H18F3N3NiO3. The number of para-hydroxylation sites is 1. The molecule has 0 fully saturated rings. The molecule has 3 aromatic carbocycles. The second-order valence-electron chi connectivity index (χ2n) is 7.90. The number of carbonyl (C=O) groups excluding carboxylic acids is 1. The Kier molecular flexibility index (Phi) is 9.52. The van der Waals surface area contributed by atoms with Crippen molar-refractivity contribution in [2.45, 2.75) is 6.18 Å². The average molecular weight is 572 g/mol. The Bertz CT molecular complexity index is 1520. The molecule has 6 nitrogen and oxygen atoms in total. The van der Waals surface area contributed by atoms with Gasteiger partial charge in [-0.2, -0.15) is 13.2 Å². The third-order valence-corrected chi connectivity index (χ3v) is 5.38. The summed E-state index contributed by atoms with van der Waals surface area (Å²) in [4.78, 5) is 24.5. The first kappa shape index (κ1) is 29.0. The van der Waals surface area contributed by atoms with Gasteiger partial charge < -0.3 is 15.0 Å². The number of halogens is 3. The second-order valence-corrected chi connectivity index (χ2v) is 7.90. The molecule has 0 radical (unpaired) electrons. The Morgan fingerprint density at radius 3 is 2.05 bits per heavy atom. The summed E-state index contributed by atoms with van der Waals surface area (Å²) in [5.41, 5.74) is 0.338. The molecule has 0 unspecified atom stereocenters. The molecule has 0 aliphatic carbocycles. The minimum Gasteiger partial charge on any atom is -0.857 e. The Labute approximate surface area is 231 Å². The zero-order valence-electron chi connectivity index (χ0n) is 19.9. The monoisotopic (exact) mass is 571 g/mol. The first-order valence-corrected chi connectivity index (χ1v) is 11.2. The van der Waals surface area contributed by atoms with Gasteiger partial charge in [0.25, 0.3) is 0 Å². The summed E-state index contributed by atoms with van der Waals surface area (Å²) in [6.07, 6.45) is -2.08. The van der Waals surface area contributed by atoms with E-state index in [1.165, 1.54) is 12.3 Å². The van der Waals surface area contributed by atoms with Crippen molar-refractivity contribution in [3.8, 4) is 0 Å². The molecule has 0 amide bonds. The van der Waals surface area contributed by atoms with Gasteiger partial charge in [0.05, 0.1) is 28.6 Å². The molecule has 4 aromatic rings. The van der Waals surface area contributed by atoms with Crippen LogP contribution >= 0.6 is 0 Å². The molecule has 0 aliphatic rings. The zero-order valence-corrected chi connectivity index (χ0v) is 20.9. The summed E-state index contributed by atoms with van der Waals surface area (Å²) in [7, 11) is 0. The normalized spacial score (nSPS) is 12.5. The van der Waals surface area contributed by atoms with Crippen LogP contribution in [0.25, 0.3) is 5.57 Å². The molecule has 10 heteroatoms. The first-order chi connectivity index (χ1) is 18.2. The van der Waals surface area contributed by atoms with Gasteiger partial charge in [-0.25, -0.2) is 0 Å². The van der Waals surface area contributed by atoms with Crippen molar-refractivity contribution in [3.63, 3.8) is 0 Å². The van der Waals surface area contributed by atoms with Crippen molar-refractivity contribution in [2.24, 2.45) is 9.98 Å². The summed E-state index contributed by atoms with van der Waals surface area (Å²) in [6, 6.07) is 23.9. The Balaban J connectivity index is 0.00000420. The van der Waals surface area contributed by atoms with Crippen molar-refractivity contribution in [2.75, 3.05) is 0 Å². The molecule has 0 spiro atoms. The van der Waals surface area contributed by atoms with Crippen LogP contribution in [0.4, 0.5) is 18.9 Å². The molecule has 0 aliphatic heterocycles. The van der Waals surface area contributed by atoms with E-state index in [2.05, 4.69) is 15.0 Å². The molecule has 0 atom stereocenters. The van der Waals surface area contributed by atoms with E-state index in [9.17, 15) is 28.2 Å². The molecule has 0 saturated heterocycles. The number of aromatic nitrogens is 1. The number of pyridine rings is 1. The van der Waals surface area contributed by atoms with Crippen molar-refractivity contribution in [3.05, 3.63) is 137 Å². The number of hydrogen-bond acceptors (Lipinski definition) is 6. The SMILES string of the molecule is O=C([O-])/C(=C\N=C(c1ccccc1)c1ccccc1N=C([O-])c1ccccn1)c1ccc(C(F)(F)F)cc1.[Ni+2]. The summed E-state index contributed by atoms with van der Waals surface area (Å²) >= 11 is 0. The largest absolute Gasteiger partial charge is 2.00 e. The number of rotatable bonds is 7. The van der Waals surface area contributed by atoms with E-state index < -0.39 is 29.2 Å². The van der Waals surface area contributed by atoms with Crippen LogP contribution in [0.3, 0.4) is 0 Å². The van der Waals surface area contributed by atoms with Crippen LogP contribution in [-0.2, 0) is 27.5 Å². The molecule has 4 rings (SSSR count). The zero-order chi connectivity index (χ0) is 27.1. The molecule has 1 aromatic heterocycles. The van der Waals surface area contributed by atoms with Crippen LogP contribution in [0.5, 0.6) is 0 Å². The van der Waals surface area contributed by atoms with Crippen molar-refractivity contribution >= 4 is 28.8 Å². The maximum absolute atomic E-state index is 12.9. The number of alkyl halides is 3. The Morgan fingerprint density at radius 1 is 0.795 bits per heavy atom. The van der Waals surface area contributed by atoms with Gasteiger partial charge in [0.1, 0.15) is 0 Å². The minimum atomic E-state index is -4.57. The predicted octanol–water partition coefficient (Wildman–Crippen LogP) is 4.16. The molecule has 0 bridgehead atoms. The molecule has 0 saturated carbocycles. The fourth-order valence-electron chi connectivity index (χ4n) is 3.54. The minimum absolute atomic E-state index is 0. The van der Waals surface area contributed by atoms with E-state index in [-0.39, 0.29) is 39.1 Å². The summed E-state index contributed by atoms with van der Waals surface area (Å²) in [6.45, 7) is 0. The number of aliphatic carboxylic acids is 1. The topological polar surface area (TPSA) is 101 Å². The number of nitrogens with zero attached hydrogens (tertiary/aromatic N) is 3. The van der Waals surface area contributed by atoms with E-state index in [0.29, 0.717) is 11.1 Å². The number of carboxylic acids is 1. The Hall–Kier alpha value is -4.56. The van der Waals surface area contributed by atoms with Crippen LogP contribution in [0.2, 0.25) is 0 Å². The van der Waals surface area contributed by atoms with Crippen LogP contribution in [0.1, 0.15) is 27.9 Å². The summed E-state index contributed by atoms with van der Waals surface area (Å²) in [5, 5.41) is 24.6. The number of benzene rings is 3. The number of carbonyl (C=O) groups is 1. The molecule has 1 heterocycles. The van der Waals surface area contributed by atoms with Gasteiger partial charge in [-0.05, 0) is 35.9 Å².